The summed E-state index contributed by atoms with van der Waals surface area (Å²) in [5.41, 5.74) is 7.83. The van der Waals surface area contributed by atoms with Gasteiger partial charge in [0.1, 0.15) is 5.82 Å². The van der Waals surface area contributed by atoms with E-state index in [1.54, 1.807) is 24.3 Å². The summed E-state index contributed by atoms with van der Waals surface area (Å²) in [5.74, 6) is -0.178. The van der Waals surface area contributed by atoms with Crippen LogP contribution in [0.25, 0.3) is 0 Å². The Balaban J connectivity index is 1.53. The molecule has 0 aliphatic carbocycles. The van der Waals surface area contributed by atoms with Crippen LogP contribution in [0.5, 0.6) is 0 Å². The Kier molecular flexibility index (Phi) is 5.56. The normalized spacial score (nSPS) is 15.4. The molecule has 3 rings (SSSR count). The standard InChI is InChI=1S/C19H21ClFN3O/c20-17-2-1-3-18(21)16(17)13-23-8-10-24(11-9-23)19(25)12-14-4-6-15(22)7-5-14/h1-7H,8-13,22H2. The molecule has 0 aromatic heterocycles. The molecule has 1 aliphatic heterocycles. The van der Waals surface area contributed by atoms with E-state index < -0.39 is 0 Å². The Bertz CT molecular complexity index is 723. The Hall–Kier alpha value is -2.11. The highest BCUT2D eigenvalue weighted by Gasteiger charge is 2.22. The molecule has 0 saturated carbocycles. The molecule has 1 saturated heterocycles. The molecule has 0 atom stereocenters. The molecule has 6 heteroatoms. The fourth-order valence-corrected chi connectivity index (χ4v) is 3.21. The minimum atomic E-state index is -0.283. The van der Waals surface area contributed by atoms with Gasteiger partial charge in [-0.15, -0.1) is 0 Å². The Morgan fingerprint density at radius 1 is 1.08 bits per heavy atom. The van der Waals surface area contributed by atoms with Crippen molar-refractivity contribution in [3.8, 4) is 0 Å². The van der Waals surface area contributed by atoms with Crippen LogP contribution in [0.3, 0.4) is 0 Å². The molecule has 132 valence electrons. The van der Waals surface area contributed by atoms with Gasteiger partial charge in [-0.2, -0.15) is 0 Å². The van der Waals surface area contributed by atoms with E-state index in [1.807, 2.05) is 17.0 Å². The number of piperazine rings is 1. The predicted molar refractivity (Wildman–Crippen MR) is 97.8 cm³/mol. The zero-order chi connectivity index (χ0) is 17.8. The summed E-state index contributed by atoms with van der Waals surface area (Å²) in [4.78, 5) is 16.4. The van der Waals surface area contributed by atoms with Crippen molar-refractivity contribution in [2.45, 2.75) is 13.0 Å². The summed E-state index contributed by atoms with van der Waals surface area (Å²) < 4.78 is 13.9. The number of nitrogens with zero attached hydrogens (tertiary/aromatic N) is 2. The molecule has 1 fully saturated rings. The van der Waals surface area contributed by atoms with E-state index in [0.29, 0.717) is 55.4 Å². The lowest BCUT2D eigenvalue weighted by molar-refractivity contribution is -0.132. The van der Waals surface area contributed by atoms with Crippen LogP contribution in [0.2, 0.25) is 5.02 Å². The quantitative estimate of drug-likeness (QED) is 0.852. The number of carbonyl (C=O) groups is 1. The van der Waals surface area contributed by atoms with Gasteiger partial charge in [-0.1, -0.05) is 29.8 Å². The lowest BCUT2D eigenvalue weighted by atomic mass is 10.1. The van der Waals surface area contributed by atoms with Crippen LogP contribution >= 0.6 is 11.6 Å². The van der Waals surface area contributed by atoms with Crippen molar-refractivity contribution in [3.63, 3.8) is 0 Å². The van der Waals surface area contributed by atoms with E-state index in [4.69, 9.17) is 17.3 Å². The molecular weight excluding hydrogens is 341 g/mol. The summed E-state index contributed by atoms with van der Waals surface area (Å²) in [7, 11) is 0. The Morgan fingerprint density at radius 3 is 2.40 bits per heavy atom. The van der Waals surface area contributed by atoms with Crippen LogP contribution in [0.1, 0.15) is 11.1 Å². The van der Waals surface area contributed by atoms with Crippen LogP contribution in [0, 0.1) is 5.82 Å². The van der Waals surface area contributed by atoms with Gasteiger partial charge in [0, 0.05) is 49.0 Å². The molecule has 0 radical (unpaired) electrons. The highest BCUT2D eigenvalue weighted by molar-refractivity contribution is 6.31. The molecule has 1 aliphatic rings. The molecule has 0 spiro atoms. The van der Waals surface area contributed by atoms with E-state index in [2.05, 4.69) is 4.90 Å². The summed E-state index contributed by atoms with van der Waals surface area (Å²) >= 11 is 6.09. The minimum Gasteiger partial charge on any atom is -0.399 e. The molecule has 25 heavy (non-hydrogen) atoms. The van der Waals surface area contributed by atoms with E-state index in [1.165, 1.54) is 6.07 Å². The maximum Gasteiger partial charge on any atom is 0.227 e. The van der Waals surface area contributed by atoms with Crippen LogP contribution in [-0.4, -0.2) is 41.9 Å². The number of benzene rings is 2. The van der Waals surface area contributed by atoms with Crippen molar-refractivity contribution >= 4 is 23.2 Å². The average molecular weight is 362 g/mol. The number of nitrogens with two attached hydrogens (primary N) is 1. The molecule has 1 amide bonds. The van der Waals surface area contributed by atoms with Gasteiger partial charge in [0.15, 0.2) is 0 Å². The summed E-state index contributed by atoms with van der Waals surface area (Å²) in [6, 6.07) is 12.1. The van der Waals surface area contributed by atoms with Gasteiger partial charge in [0.25, 0.3) is 0 Å². The minimum absolute atomic E-state index is 0.105. The van der Waals surface area contributed by atoms with Gasteiger partial charge in [0.05, 0.1) is 6.42 Å². The van der Waals surface area contributed by atoms with Gasteiger partial charge >= 0.3 is 0 Å². The van der Waals surface area contributed by atoms with Crippen LogP contribution in [0.4, 0.5) is 10.1 Å². The van der Waals surface area contributed by atoms with Crippen molar-refractivity contribution < 1.29 is 9.18 Å². The largest absolute Gasteiger partial charge is 0.399 e. The second-order valence-electron chi connectivity index (χ2n) is 6.28. The van der Waals surface area contributed by atoms with Crippen molar-refractivity contribution in [1.29, 1.82) is 0 Å². The first kappa shape index (κ1) is 17.7. The number of anilines is 1. The Morgan fingerprint density at radius 2 is 1.76 bits per heavy atom. The van der Waals surface area contributed by atoms with Gasteiger partial charge < -0.3 is 10.6 Å². The topological polar surface area (TPSA) is 49.6 Å². The van der Waals surface area contributed by atoms with E-state index in [0.717, 1.165) is 5.56 Å². The second kappa shape index (κ2) is 7.85. The van der Waals surface area contributed by atoms with Gasteiger partial charge in [-0.25, -0.2) is 4.39 Å². The second-order valence-corrected chi connectivity index (χ2v) is 6.68. The third-order valence-electron chi connectivity index (χ3n) is 4.50. The fraction of sp³-hybridized carbons (Fsp3) is 0.316. The highest BCUT2D eigenvalue weighted by Crippen LogP contribution is 2.21. The number of amides is 1. The van der Waals surface area contributed by atoms with E-state index in [9.17, 15) is 9.18 Å². The molecular formula is C19H21ClFN3O. The number of hydrogen-bond acceptors (Lipinski definition) is 3. The van der Waals surface area contributed by atoms with Crippen LogP contribution < -0.4 is 5.73 Å². The first-order valence-corrected chi connectivity index (χ1v) is 8.68. The van der Waals surface area contributed by atoms with Gasteiger partial charge in [-0.05, 0) is 29.8 Å². The number of carbonyl (C=O) groups excluding carboxylic acids is 1. The zero-order valence-electron chi connectivity index (χ0n) is 13.9. The molecule has 4 nitrogen and oxygen atoms in total. The maximum absolute atomic E-state index is 13.9. The monoisotopic (exact) mass is 361 g/mol. The summed E-state index contributed by atoms with van der Waals surface area (Å²) in [6.45, 7) is 3.15. The van der Waals surface area contributed by atoms with Crippen molar-refractivity contribution in [1.82, 2.24) is 9.80 Å². The maximum atomic E-state index is 13.9. The molecule has 0 unspecified atom stereocenters. The number of rotatable bonds is 4. The SMILES string of the molecule is Nc1ccc(CC(=O)N2CCN(Cc3c(F)cccc3Cl)CC2)cc1. The highest BCUT2D eigenvalue weighted by atomic mass is 35.5. The first-order valence-electron chi connectivity index (χ1n) is 8.30. The molecule has 2 aromatic carbocycles. The summed E-state index contributed by atoms with van der Waals surface area (Å²) in [6.07, 6.45) is 0.374. The van der Waals surface area contributed by atoms with Crippen LogP contribution in [0.15, 0.2) is 42.5 Å². The molecule has 1 heterocycles. The number of nitrogen functional groups attached to an aromatic ring is 1. The molecule has 2 aromatic rings. The zero-order valence-corrected chi connectivity index (χ0v) is 14.7. The third kappa shape index (κ3) is 4.50. The van der Waals surface area contributed by atoms with Gasteiger partial charge in [-0.3, -0.25) is 9.69 Å². The van der Waals surface area contributed by atoms with Crippen molar-refractivity contribution in [2.75, 3.05) is 31.9 Å². The first-order chi connectivity index (χ1) is 12.0. The van der Waals surface area contributed by atoms with E-state index in [-0.39, 0.29) is 11.7 Å². The Labute approximate surface area is 152 Å². The van der Waals surface area contributed by atoms with Crippen molar-refractivity contribution in [3.05, 3.63) is 64.4 Å². The average Bonchev–Trinajstić information content (AvgIpc) is 2.61. The fourth-order valence-electron chi connectivity index (χ4n) is 2.98. The molecule has 2 N–H and O–H groups in total. The number of halogens is 2. The lowest BCUT2D eigenvalue weighted by Crippen LogP contribution is -2.48. The smallest absolute Gasteiger partial charge is 0.227 e. The van der Waals surface area contributed by atoms with Crippen molar-refractivity contribution in [2.24, 2.45) is 0 Å². The number of hydrogen-bond donors (Lipinski definition) is 1. The van der Waals surface area contributed by atoms with E-state index >= 15 is 0 Å². The van der Waals surface area contributed by atoms with Gasteiger partial charge in [0.2, 0.25) is 5.91 Å². The predicted octanol–water partition coefficient (Wildman–Crippen LogP) is 2.95. The lowest BCUT2D eigenvalue weighted by Gasteiger charge is -2.35. The van der Waals surface area contributed by atoms with Crippen LogP contribution in [-0.2, 0) is 17.8 Å². The third-order valence-corrected chi connectivity index (χ3v) is 4.86. The molecule has 0 bridgehead atoms. The summed E-state index contributed by atoms with van der Waals surface area (Å²) in [5, 5.41) is 0.446.